The van der Waals surface area contributed by atoms with Gasteiger partial charge in [-0.2, -0.15) is 0 Å². The minimum Gasteiger partial charge on any atom is -0.347 e. The molecule has 0 saturated heterocycles. The molecule has 2 aromatic heterocycles. The van der Waals surface area contributed by atoms with Gasteiger partial charge in [0.05, 0.1) is 5.39 Å². The zero-order valence-electron chi connectivity index (χ0n) is 12.4. The molecule has 0 aliphatic carbocycles. The van der Waals surface area contributed by atoms with E-state index >= 15 is 0 Å². The lowest BCUT2D eigenvalue weighted by atomic mass is 9.99. The van der Waals surface area contributed by atoms with Crippen molar-refractivity contribution in [1.82, 2.24) is 9.97 Å². The molecule has 2 heterocycles. The lowest BCUT2D eigenvalue weighted by Crippen LogP contribution is -2.12. The third kappa shape index (κ3) is 2.49. The van der Waals surface area contributed by atoms with Gasteiger partial charge >= 0.3 is 0 Å². The standard InChI is InChI=1S/C16H16ClN3S/c1-9-5-6-11(10(2)7-9)12-8-21-15-13(12)14(17)18-16(19-15)20(3)4/h5-8H,1-4H3. The summed E-state index contributed by atoms with van der Waals surface area (Å²) in [5.74, 6) is 0.640. The summed E-state index contributed by atoms with van der Waals surface area (Å²) in [6.07, 6.45) is 0. The highest BCUT2D eigenvalue weighted by Gasteiger charge is 2.16. The Bertz CT molecular complexity index is 824. The Morgan fingerprint density at radius 2 is 1.86 bits per heavy atom. The number of aromatic nitrogens is 2. The summed E-state index contributed by atoms with van der Waals surface area (Å²) < 4.78 is 0. The summed E-state index contributed by atoms with van der Waals surface area (Å²) >= 11 is 8.02. The Hall–Kier alpha value is -1.65. The number of thiophene rings is 1. The lowest BCUT2D eigenvalue weighted by Gasteiger charge is -2.11. The van der Waals surface area contributed by atoms with Crippen molar-refractivity contribution in [3.63, 3.8) is 0 Å². The van der Waals surface area contributed by atoms with Gasteiger partial charge in [0.15, 0.2) is 0 Å². The Kier molecular flexibility index (Phi) is 3.59. The van der Waals surface area contributed by atoms with Crippen molar-refractivity contribution < 1.29 is 0 Å². The molecule has 108 valence electrons. The molecule has 21 heavy (non-hydrogen) atoms. The summed E-state index contributed by atoms with van der Waals surface area (Å²) in [6, 6.07) is 6.44. The van der Waals surface area contributed by atoms with E-state index < -0.39 is 0 Å². The maximum atomic E-state index is 6.42. The van der Waals surface area contributed by atoms with E-state index in [4.69, 9.17) is 11.6 Å². The number of hydrogen-bond donors (Lipinski definition) is 0. The minimum atomic E-state index is 0.514. The fraction of sp³-hybridized carbons (Fsp3) is 0.250. The summed E-state index contributed by atoms with van der Waals surface area (Å²) in [4.78, 5) is 11.8. The van der Waals surface area contributed by atoms with Gasteiger partial charge in [0.2, 0.25) is 5.95 Å². The summed E-state index contributed by atoms with van der Waals surface area (Å²) in [5.41, 5.74) is 4.80. The first-order chi connectivity index (χ1) is 9.97. The number of benzene rings is 1. The van der Waals surface area contributed by atoms with Crippen molar-refractivity contribution in [3.05, 3.63) is 39.9 Å². The number of nitrogens with zero attached hydrogens (tertiary/aromatic N) is 3. The average molecular weight is 318 g/mol. The van der Waals surface area contributed by atoms with E-state index in [1.165, 1.54) is 16.7 Å². The van der Waals surface area contributed by atoms with Crippen LogP contribution in [0.15, 0.2) is 23.6 Å². The smallest absolute Gasteiger partial charge is 0.227 e. The molecule has 3 nitrogen and oxygen atoms in total. The molecular weight excluding hydrogens is 302 g/mol. The molecule has 0 radical (unpaired) electrons. The second kappa shape index (κ2) is 5.28. The molecule has 0 bridgehead atoms. The van der Waals surface area contributed by atoms with Gasteiger partial charge in [-0.05, 0) is 25.0 Å². The van der Waals surface area contributed by atoms with Crippen molar-refractivity contribution in [2.24, 2.45) is 0 Å². The number of halogens is 1. The van der Waals surface area contributed by atoms with Crippen LogP contribution in [0.2, 0.25) is 5.15 Å². The molecule has 3 aromatic rings. The Morgan fingerprint density at radius 1 is 1.10 bits per heavy atom. The molecule has 0 fully saturated rings. The van der Waals surface area contributed by atoms with Gasteiger partial charge in [-0.25, -0.2) is 9.97 Å². The van der Waals surface area contributed by atoms with Crippen LogP contribution in [0.5, 0.6) is 0 Å². The second-order valence-corrected chi connectivity index (χ2v) is 6.57. The van der Waals surface area contributed by atoms with Crippen LogP contribution in [0.3, 0.4) is 0 Å². The van der Waals surface area contributed by atoms with Crippen LogP contribution in [0.1, 0.15) is 11.1 Å². The van der Waals surface area contributed by atoms with Gasteiger partial charge in [0.1, 0.15) is 9.98 Å². The fourth-order valence-corrected chi connectivity index (χ4v) is 3.66. The summed E-state index contributed by atoms with van der Waals surface area (Å²) in [7, 11) is 3.83. The number of fused-ring (bicyclic) bond motifs is 1. The van der Waals surface area contributed by atoms with Gasteiger partial charge < -0.3 is 4.90 Å². The van der Waals surface area contributed by atoms with Crippen LogP contribution in [0.4, 0.5) is 5.95 Å². The Balaban J connectivity index is 2.25. The van der Waals surface area contributed by atoms with Crippen LogP contribution in [-0.2, 0) is 0 Å². The molecule has 1 aromatic carbocycles. The number of hydrogen-bond acceptors (Lipinski definition) is 4. The molecule has 0 unspecified atom stereocenters. The van der Waals surface area contributed by atoms with Gasteiger partial charge in [-0.15, -0.1) is 11.3 Å². The zero-order chi connectivity index (χ0) is 15.1. The number of anilines is 1. The van der Waals surface area contributed by atoms with Crippen LogP contribution < -0.4 is 4.90 Å². The van der Waals surface area contributed by atoms with Gasteiger partial charge in [-0.3, -0.25) is 0 Å². The SMILES string of the molecule is Cc1ccc(-c2csc3nc(N(C)C)nc(Cl)c23)c(C)c1. The molecule has 0 spiro atoms. The first kappa shape index (κ1) is 14.3. The van der Waals surface area contributed by atoms with E-state index in [0.29, 0.717) is 11.1 Å². The first-order valence-corrected chi connectivity index (χ1v) is 7.93. The van der Waals surface area contributed by atoms with E-state index in [9.17, 15) is 0 Å². The highest BCUT2D eigenvalue weighted by molar-refractivity contribution is 7.17. The third-order valence-corrected chi connectivity index (χ3v) is 4.60. The quantitative estimate of drug-likeness (QED) is 0.642. The number of rotatable bonds is 2. The normalized spacial score (nSPS) is 11.1. The summed E-state index contributed by atoms with van der Waals surface area (Å²) in [6.45, 7) is 4.22. The maximum Gasteiger partial charge on any atom is 0.227 e. The molecule has 0 N–H and O–H groups in total. The maximum absolute atomic E-state index is 6.42. The van der Waals surface area contributed by atoms with E-state index in [2.05, 4.69) is 47.4 Å². The van der Waals surface area contributed by atoms with Crippen molar-refractivity contribution >= 4 is 39.1 Å². The molecule has 0 aliphatic rings. The summed E-state index contributed by atoms with van der Waals surface area (Å²) in [5, 5.41) is 3.57. The molecule has 3 rings (SSSR count). The third-order valence-electron chi connectivity index (χ3n) is 3.45. The largest absolute Gasteiger partial charge is 0.347 e. The van der Waals surface area contributed by atoms with Crippen LogP contribution in [0.25, 0.3) is 21.3 Å². The molecule has 0 atom stereocenters. The first-order valence-electron chi connectivity index (χ1n) is 6.67. The second-order valence-electron chi connectivity index (χ2n) is 5.36. The predicted octanol–water partition coefficient (Wildman–Crippen LogP) is 4.69. The zero-order valence-corrected chi connectivity index (χ0v) is 14.0. The topological polar surface area (TPSA) is 29.0 Å². The van der Waals surface area contributed by atoms with E-state index in [0.717, 1.165) is 15.8 Å². The van der Waals surface area contributed by atoms with Crippen LogP contribution in [0, 0.1) is 13.8 Å². The fourth-order valence-electron chi connectivity index (χ4n) is 2.40. The highest BCUT2D eigenvalue weighted by Crippen LogP contribution is 2.38. The molecule has 0 amide bonds. The van der Waals surface area contributed by atoms with Crippen LogP contribution in [-0.4, -0.2) is 24.1 Å². The molecule has 0 saturated carbocycles. The van der Waals surface area contributed by atoms with Gasteiger partial charge in [-0.1, -0.05) is 35.4 Å². The van der Waals surface area contributed by atoms with E-state index in [1.54, 1.807) is 11.3 Å². The highest BCUT2D eigenvalue weighted by atomic mass is 35.5. The van der Waals surface area contributed by atoms with E-state index in [1.807, 2.05) is 19.0 Å². The number of aryl methyl sites for hydroxylation is 2. The van der Waals surface area contributed by atoms with Crippen molar-refractivity contribution in [1.29, 1.82) is 0 Å². The average Bonchev–Trinajstić information content (AvgIpc) is 2.83. The van der Waals surface area contributed by atoms with Crippen molar-refractivity contribution in [3.8, 4) is 11.1 Å². The monoisotopic (exact) mass is 317 g/mol. The lowest BCUT2D eigenvalue weighted by molar-refractivity contribution is 1.02. The van der Waals surface area contributed by atoms with Gasteiger partial charge in [0.25, 0.3) is 0 Å². The molecule has 5 heteroatoms. The van der Waals surface area contributed by atoms with Crippen molar-refractivity contribution in [2.45, 2.75) is 13.8 Å². The van der Waals surface area contributed by atoms with Crippen LogP contribution >= 0.6 is 22.9 Å². The Labute approximate surface area is 133 Å². The Morgan fingerprint density at radius 3 is 2.52 bits per heavy atom. The predicted molar refractivity (Wildman–Crippen MR) is 91.7 cm³/mol. The molecule has 0 aliphatic heterocycles. The molecular formula is C16H16ClN3S. The van der Waals surface area contributed by atoms with Crippen molar-refractivity contribution in [2.75, 3.05) is 19.0 Å². The minimum absolute atomic E-state index is 0.514. The van der Waals surface area contributed by atoms with E-state index in [-0.39, 0.29) is 0 Å². The van der Waals surface area contributed by atoms with Gasteiger partial charge in [0, 0.05) is 25.0 Å².